The predicted octanol–water partition coefficient (Wildman–Crippen LogP) is 1.99. The molecule has 184 valence electrons. The lowest BCUT2D eigenvalue weighted by molar-refractivity contribution is -0.138. The molecule has 0 aromatic carbocycles. The number of Topliss-reactive ketones (excluding diaryl/α,β-unsaturated/α-hetero) is 1. The number of carbonyl (C=O) groups is 2. The zero-order chi connectivity index (χ0) is 25.0. The summed E-state index contributed by atoms with van der Waals surface area (Å²) in [7, 11) is 0. The van der Waals surface area contributed by atoms with Gasteiger partial charge in [0.2, 0.25) is 5.91 Å². The van der Waals surface area contributed by atoms with E-state index in [1.54, 1.807) is 23.3 Å². The second-order valence-corrected chi connectivity index (χ2v) is 9.48. The molecule has 6 rings (SSSR count). The molecule has 3 N–H and O–H groups in total. The molecule has 0 spiro atoms. The highest BCUT2D eigenvalue weighted by atomic mass is 16.3. The van der Waals surface area contributed by atoms with Crippen LogP contribution in [-0.2, 0) is 4.79 Å². The molecule has 6 heterocycles. The third kappa shape index (κ3) is 3.46. The van der Waals surface area contributed by atoms with E-state index in [1.807, 2.05) is 29.3 Å². The number of nitrogens with zero attached hydrogens (tertiary/aromatic N) is 7. The lowest BCUT2D eigenvalue weighted by Gasteiger charge is -2.39. The molecule has 0 saturated carbocycles. The van der Waals surface area contributed by atoms with Gasteiger partial charge >= 0.3 is 0 Å². The van der Waals surface area contributed by atoms with Crippen LogP contribution >= 0.6 is 0 Å². The molecule has 0 aliphatic carbocycles. The van der Waals surface area contributed by atoms with Gasteiger partial charge in [-0.15, -0.1) is 0 Å². The average Bonchev–Trinajstić information content (AvgIpc) is 3.62. The van der Waals surface area contributed by atoms with Crippen molar-refractivity contribution in [1.29, 1.82) is 0 Å². The van der Waals surface area contributed by atoms with Crippen molar-refractivity contribution in [2.75, 3.05) is 12.3 Å². The van der Waals surface area contributed by atoms with Gasteiger partial charge in [-0.2, -0.15) is 14.7 Å². The summed E-state index contributed by atoms with van der Waals surface area (Å²) in [6.45, 7) is 1.00. The van der Waals surface area contributed by atoms with Crippen LogP contribution in [0.25, 0.3) is 22.6 Å². The number of nitrogen functional groups attached to an aromatic ring is 1. The molecule has 2 aliphatic rings. The van der Waals surface area contributed by atoms with Crippen molar-refractivity contribution < 1.29 is 14.7 Å². The van der Waals surface area contributed by atoms with Crippen molar-refractivity contribution in [2.45, 2.75) is 50.6 Å². The zero-order valence-electron chi connectivity index (χ0n) is 19.8. The van der Waals surface area contributed by atoms with Crippen LogP contribution in [0.4, 0.5) is 5.82 Å². The number of nitrogens with two attached hydrogens (primary N) is 1. The average molecular weight is 487 g/mol. The molecule has 2 aliphatic heterocycles. The number of piperidine rings is 1. The number of amides is 1. The SMILES string of the molecule is CC(=O)c1c(C2C[C@H]3CC[C@@H](C2)N3C(=O)CO)nc2c(-c3ccc(-n4cccn4)nc3)cnn2c1N. The molecule has 4 aromatic rings. The minimum Gasteiger partial charge on any atom is -0.387 e. The van der Waals surface area contributed by atoms with E-state index in [-0.39, 0.29) is 35.5 Å². The first-order valence-electron chi connectivity index (χ1n) is 12.0. The summed E-state index contributed by atoms with van der Waals surface area (Å²) in [5, 5.41) is 18.0. The first-order valence-corrected chi connectivity index (χ1v) is 12.0. The minimum atomic E-state index is -0.486. The number of hydrogen-bond acceptors (Lipinski definition) is 8. The van der Waals surface area contributed by atoms with Crippen LogP contribution in [0, 0.1) is 0 Å². The van der Waals surface area contributed by atoms with E-state index < -0.39 is 6.61 Å². The molecule has 11 nitrogen and oxygen atoms in total. The quantitative estimate of drug-likeness (QED) is 0.408. The maximum Gasteiger partial charge on any atom is 0.248 e. The van der Waals surface area contributed by atoms with Crippen molar-refractivity contribution in [1.82, 2.24) is 34.3 Å². The Labute approximate surface area is 206 Å². The van der Waals surface area contributed by atoms with Gasteiger partial charge in [-0.3, -0.25) is 9.59 Å². The normalized spacial score (nSPS) is 21.3. The summed E-state index contributed by atoms with van der Waals surface area (Å²) in [6, 6.07) is 5.67. The van der Waals surface area contributed by atoms with Crippen LogP contribution in [0.15, 0.2) is 43.0 Å². The molecule has 2 fully saturated rings. The molecule has 1 unspecified atom stereocenters. The fourth-order valence-electron chi connectivity index (χ4n) is 5.87. The molecule has 36 heavy (non-hydrogen) atoms. The number of rotatable bonds is 5. The molecule has 3 atom stereocenters. The lowest BCUT2D eigenvalue weighted by atomic mass is 9.85. The van der Waals surface area contributed by atoms with Crippen LogP contribution in [-0.4, -0.2) is 69.7 Å². The second kappa shape index (κ2) is 8.52. The number of ketones is 1. The maximum absolute atomic E-state index is 12.7. The Bertz CT molecular complexity index is 1450. The van der Waals surface area contributed by atoms with Crippen LogP contribution in [0.2, 0.25) is 0 Å². The van der Waals surface area contributed by atoms with Crippen LogP contribution in [0.5, 0.6) is 0 Å². The Morgan fingerprint density at radius 2 is 1.92 bits per heavy atom. The van der Waals surface area contributed by atoms with Gasteiger partial charge in [0, 0.05) is 47.7 Å². The van der Waals surface area contributed by atoms with Crippen molar-refractivity contribution in [3.8, 4) is 16.9 Å². The van der Waals surface area contributed by atoms with Gasteiger partial charge in [0.1, 0.15) is 12.4 Å². The highest BCUT2D eigenvalue weighted by molar-refractivity contribution is 6.00. The molecular weight excluding hydrogens is 460 g/mol. The first kappa shape index (κ1) is 22.4. The summed E-state index contributed by atoms with van der Waals surface area (Å²) < 4.78 is 3.19. The summed E-state index contributed by atoms with van der Waals surface area (Å²) in [5.74, 6) is 0.516. The smallest absolute Gasteiger partial charge is 0.248 e. The molecule has 2 bridgehead atoms. The first-order chi connectivity index (χ1) is 17.5. The van der Waals surface area contributed by atoms with Gasteiger partial charge in [0.25, 0.3) is 0 Å². The van der Waals surface area contributed by atoms with Gasteiger partial charge < -0.3 is 15.7 Å². The number of pyridine rings is 1. The van der Waals surface area contributed by atoms with Gasteiger partial charge in [-0.25, -0.2) is 14.6 Å². The fourth-order valence-corrected chi connectivity index (χ4v) is 5.87. The summed E-state index contributed by atoms with van der Waals surface area (Å²) >= 11 is 0. The highest BCUT2D eigenvalue weighted by Crippen LogP contribution is 2.44. The van der Waals surface area contributed by atoms with E-state index in [9.17, 15) is 14.7 Å². The molecule has 4 aromatic heterocycles. The molecule has 2 saturated heterocycles. The van der Waals surface area contributed by atoms with E-state index in [0.717, 1.165) is 24.0 Å². The highest BCUT2D eigenvalue weighted by Gasteiger charge is 2.44. The Hall–Kier alpha value is -4.12. The van der Waals surface area contributed by atoms with E-state index in [4.69, 9.17) is 10.7 Å². The Morgan fingerprint density at radius 3 is 2.53 bits per heavy atom. The zero-order valence-corrected chi connectivity index (χ0v) is 19.8. The predicted molar refractivity (Wildman–Crippen MR) is 130 cm³/mol. The Kier molecular flexibility index (Phi) is 5.29. The number of fused-ring (bicyclic) bond motifs is 3. The monoisotopic (exact) mass is 486 g/mol. The maximum atomic E-state index is 12.7. The standard InChI is InChI=1S/C25H26N8O3/c1-14(35)22-23(16-9-17-4-5-18(10-16)32(17)21(36)13-34)30-25-19(12-29-33(25)24(22)26)15-3-6-20(27-11-15)31-8-2-7-28-31/h2-3,6-8,11-12,16-18,34H,4-5,9-10,13,26H2,1H3/t16?,17-,18+. The third-order valence-corrected chi connectivity index (χ3v) is 7.40. The van der Waals surface area contributed by atoms with E-state index in [2.05, 4.69) is 15.2 Å². The molecular formula is C25H26N8O3. The Balaban J connectivity index is 1.42. The van der Waals surface area contributed by atoms with Crippen LogP contribution in [0.3, 0.4) is 0 Å². The summed E-state index contributed by atoms with van der Waals surface area (Å²) in [4.78, 5) is 36.3. The van der Waals surface area contributed by atoms with Crippen molar-refractivity contribution in [2.24, 2.45) is 0 Å². The number of aromatic nitrogens is 6. The van der Waals surface area contributed by atoms with E-state index in [0.29, 0.717) is 35.6 Å². The van der Waals surface area contributed by atoms with Gasteiger partial charge in [-0.1, -0.05) is 0 Å². The van der Waals surface area contributed by atoms with Gasteiger partial charge in [0.15, 0.2) is 17.2 Å². The van der Waals surface area contributed by atoms with Gasteiger partial charge in [0.05, 0.1) is 17.5 Å². The van der Waals surface area contributed by atoms with E-state index in [1.165, 1.54) is 11.4 Å². The lowest BCUT2D eigenvalue weighted by Crippen LogP contribution is -2.47. The van der Waals surface area contributed by atoms with Crippen LogP contribution in [0.1, 0.15) is 54.6 Å². The topological polar surface area (TPSA) is 145 Å². The largest absolute Gasteiger partial charge is 0.387 e. The number of aliphatic hydroxyl groups excluding tert-OH is 1. The fraction of sp³-hybridized carbons (Fsp3) is 0.360. The summed E-state index contributed by atoms with van der Waals surface area (Å²) in [5.41, 5.74) is 9.68. The number of anilines is 1. The second-order valence-electron chi connectivity index (χ2n) is 9.48. The van der Waals surface area contributed by atoms with Crippen molar-refractivity contribution in [3.05, 3.63) is 54.2 Å². The van der Waals surface area contributed by atoms with Crippen molar-refractivity contribution in [3.63, 3.8) is 0 Å². The number of carbonyl (C=O) groups excluding carboxylic acids is 2. The van der Waals surface area contributed by atoms with Gasteiger partial charge in [-0.05, 0) is 50.8 Å². The van der Waals surface area contributed by atoms with E-state index >= 15 is 0 Å². The van der Waals surface area contributed by atoms with Crippen LogP contribution < -0.4 is 5.73 Å². The number of aliphatic hydroxyl groups is 1. The Morgan fingerprint density at radius 1 is 1.14 bits per heavy atom. The molecule has 0 radical (unpaired) electrons. The molecule has 11 heteroatoms. The molecule has 1 amide bonds. The van der Waals surface area contributed by atoms with Crippen molar-refractivity contribution >= 4 is 23.2 Å². The number of hydrogen-bond donors (Lipinski definition) is 2. The minimum absolute atomic E-state index is 0.0240. The third-order valence-electron chi connectivity index (χ3n) is 7.40. The summed E-state index contributed by atoms with van der Waals surface area (Å²) in [6.07, 6.45) is 10.1.